The van der Waals surface area contributed by atoms with Crippen LogP contribution < -0.4 is 0 Å². The van der Waals surface area contributed by atoms with Crippen molar-refractivity contribution < 1.29 is 9.53 Å². The smallest absolute Gasteiger partial charge is 0.312 e. The van der Waals surface area contributed by atoms with Gasteiger partial charge in [0.25, 0.3) is 0 Å². The molecule has 0 amide bonds. The van der Waals surface area contributed by atoms with Gasteiger partial charge in [0, 0.05) is 5.92 Å². The highest BCUT2D eigenvalue weighted by Crippen LogP contribution is 2.55. The largest absolute Gasteiger partial charge is 0.458 e. The Morgan fingerprint density at radius 3 is 2.10 bits per heavy atom. The minimum Gasteiger partial charge on any atom is -0.458 e. The number of esters is 1. The molecule has 2 nitrogen and oxygen atoms in total. The molecule has 2 aliphatic carbocycles. The van der Waals surface area contributed by atoms with Gasteiger partial charge in [0.15, 0.2) is 0 Å². The third-order valence-electron chi connectivity index (χ3n) is 6.34. The van der Waals surface area contributed by atoms with E-state index in [0.717, 1.165) is 31.1 Å². The third-order valence-corrected chi connectivity index (χ3v) is 6.34. The van der Waals surface area contributed by atoms with E-state index in [4.69, 9.17) is 4.74 Å². The lowest BCUT2D eigenvalue weighted by Crippen LogP contribution is -2.46. The van der Waals surface area contributed by atoms with Gasteiger partial charge in [0.05, 0.1) is 5.41 Å². The molecule has 2 bridgehead atoms. The zero-order valence-electron chi connectivity index (χ0n) is 14.0. The summed E-state index contributed by atoms with van der Waals surface area (Å²) in [4.78, 5) is 12.6. The molecule has 0 aromatic rings. The Bertz CT molecular complexity index is 354. The first-order chi connectivity index (χ1) is 9.38. The summed E-state index contributed by atoms with van der Waals surface area (Å²) in [5.41, 5.74) is -0.559. The van der Waals surface area contributed by atoms with Crippen molar-refractivity contribution in [3.63, 3.8) is 0 Å². The van der Waals surface area contributed by atoms with Gasteiger partial charge in [0.2, 0.25) is 0 Å². The van der Waals surface area contributed by atoms with E-state index in [1.807, 2.05) is 13.8 Å². The zero-order chi connectivity index (χ0) is 15.0. The molecule has 116 valence electrons. The Kier molecular flexibility index (Phi) is 4.51. The van der Waals surface area contributed by atoms with Crippen LogP contribution in [0.15, 0.2) is 0 Å². The molecule has 20 heavy (non-hydrogen) atoms. The first-order valence-corrected chi connectivity index (χ1v) is 8.62. The summed E-state index contributed by atoms with van der Waals surface area (Å²) < 4.78 is 6.19. The van der Waals surface area contributed by atoms with E-state index >= 15 is 0 Å². The Labute approximate surface area is 124 Å². The van der Waals surface area contributed by atoms with Gasteiger partial charge in [-0.25, -0.2) is 0 Å². The Balaban J connectivity index is 2.15. The summed E-state index contributed by atoms with van der Waals surface area (Å²) >= 11 is 0. The van der Waals surface area contributed by atoms with Gasteiger partial charge >= 0.3 is 5.97 Å². The van der Waals surface area contributed by atoms with Gasteiger partial charge in [-0.1, -0.05) is 27.2 Å². The summed E-state index contributed by atoms with van der Waals surface area (Å²) in [7, 11) is 0. The Hall–Kier alpha value is -0.530. The van der Waals surface area contributed by atoms with Gasteiger partial charge in [-0.2, -0.15) is 0 Å². The lowest BCUT2D eigenvalue weighted by molar-refractivity contribution is -0.181. The molecule has 2 heteroatoms. The fourth-order valence-electron chi connectivity index (χ4n) is 4.35. The first-order valence-electron chi connectivity index (χ1n) is 8.62. The fraction of sp³-hybridized carbons (Fsp3) is 0.944. The lowest BCUT2D eigenvalue weighted by atomic mass is 9.73. The summed E-state index contributed by atoms with van der Waals surface area (Å²) in [6.07, 6.45) is 8.18. The minimum absolute atomic E-state index is 0.00599. The van der Waals surface area contributed by atoms with E-state index < -0.39 is 0 Å². The standard InChI is InChI=1S/C18H32O2/c1-6-17(4,5)16(19)20-18(7-2,8-3)15-12-13-9-10-14(15)11-13/h13-15H,6-12H2,1-5H3. The predicted molar refractivity (Wildman–Crippen MR) is 82.4 cm³/mol. The molecular formula is C18H32O2. The number of fused-ring (bicyclic) bond motifs is 2. The lowest BCUT2D eigenvalue weighted by Gasteiger charge is -2.43. The zero-order valence-corrected chi connectivity index (χ0v) is 14.0. The predicted octanol–water partition coefficient (Wildman–Crippen LogP) is 4.96. The number of carbonyl (C=O) groups excluding carboxylic acids is 1. The summed E-state index contributed by atoms with van der Waals surface area (Å²) in [6, 6.07) is 0. The molecule has 0 radical (unpaired) electrons. The van der Waals surface area contributed by atoms with Crippen LogP contribution in [0, 0.1) is 23.2 Å². The minimum atomic E-state index is -0.354. The number of rotatable bonds is 6. The van der Waals surface area contributed by atoms with E-state index in [0.29, 0.717) is 5.92 Å². The summed E-state index contributed by atoms with van der Waals surface area (Å²) in [5.74, 6) is 2.32. The molecule has 0 spiro atoms. The van der Waals surface area contributed by atoms with E-state index in [2.05, 4.69) is 20.8 Å². The van der Waals surface area contributed by atoms with Crippen molar-refractivity contribution in [3.8, 4) is 0 Å². The van der Waals surface area contributed by atoms with Crippen molar-refractivity contribution in [1.29, 1.82) is 0 Å². The van der Waals surface area contributed by atoms with Gasteiger partial charge in [0.1, 0.15) is 5.60 Å². The molecule has 3 atom stereocenters. The first kappa shape index (κ1) is 15.9. The van der Waals surface area contributed by atoms with Crippen molar-refractivity contribution >= 4 is 5.97 Å². The van der Waals surface area contributed by atoms with E-state index in [1.54, 1.807) is 0 Å². The van der Waals surface area contributed by atoms with Crippen LogP contribution in [0.3, 0.4) is 0 Å². The van der Waals surface area contributed by atoms with Crippen LogP contribution in [-0.2, 0) is 9.53 Å². The number of carbonyl (C=O) groups is 1. The van der Waals surface area contributed by atoms with Crippen LogP contribution in [-0.4, -0.2) is 11.6 Å². The van der Waals surface area contributed by atoms with Gasteiger partial charge < -0.3 is 4.74 Å². The second-order valence-corrected chi connectivity index (χ2v) is 7.68. The van der Waals surface area contributed by atoms with Gasteiger partial charge in [-0.15, -0.1) is 0 Å². The van der Waals surface area contributed by atoms with Gasteiger partial charge in [-0.3, -0.25) is 4.79 Å². The second-order valence-electron chi connectivity index (χ2n) is 7.68. The quantitative estimate of drug-likeness (QED) is 0.643. The number of hydrogen-bond donors (Lipinski definition) is 0. The third kappa shape index (κ3) is 2.63. The highest BCUT2D eigenvalue weighted by Gasteiger charge is 2.51. The van der Waals surface area contributed by atoms with Crippen LogP contribution in [0.1, 0.15) is 79.6 Å². The van der Waals surface area contributed by atoms with Crippen LogP contribution in [0.4, 0.5) is 0 Å². The van der Waals surface area contributed by atoms with Crippen molar-refractivity contribution in [2.75, 3.05) is 0 Å². The Morgan fingerprint density at radius 1 is 1.05 bits per heavy atom. The molecule has 0 saturated heterocycles. The van der Waals surface area contributed by atoms with Crippen LogP contribution in [0.25, 0.3) is 0 Å². The van der Waals surface area contributed by atoms with Crippen LogP contribution in [0.2, 0.25) is 0 Å². The maximum absolute atomic E-state index is 12.6. The van der Waals surface area contributed by atoms with Crippen molar-refractivity contribution in [2.24, 2.45) is 23.2 Å². The normalized spacial score (nSPS) is 29.8. The highest BCUT2D eigenvalue weighted by atomic mass is 16.6. The van der Waals surface area contributed by atoms with Crippen molar-refractivity contribution in [1.82, 2.24) is 0 Å². The maximum Gasteiger partial charge on any atom is 0.312 e. The fourth-order valence-corrected chi connectivity index (χ4v) is 4.35. The maximum atomic E-state index is 12.6. The molecule has 2 fully saturated rings. The van der Waals surface area contributed by atoms with Crippen molar-refractivity contribution in [2.45, 2.75) is 85.2 Å². The van der Waals surface area contributed by atoms with E-state index in [9.17, 15) is 4.79 Å². The molecule has 3 unspecified atom stereocenters. The van der Waals surface area contributed by atoms with Crippen LogP contribution >= 0.6 is 0 Å². The number of ether oxygens (including phenoxy) is 1. The SMILES string of the molecule is CCC(C)(C)C(=O)OC(CC)(CC)C1CC2CCC1C2. The second kappa shape index (κ2) is 5.69. The van der Waals surface area contributed by atoms with E-state index in [1.165, 1.54) is 25.7 Å². The molecule has 2 aliphatic rings. The molecule has 0 aromatic carbocycles. The highest BCUT2D eigenvalue weighted by molar-refractivity contribution is 5.76. The topological polar surface area (TPSA) is 26.3 Å². The van der Waals surface area contributed by atoms with Crippen molar-refractivity contribution in [3.05, 3.63) is 0 Å². The molecule has 0 aromatic heterocycles. The molecule has 0 aliphatic heterocycles. The molecular weight excluding hydrogens is 248 g/mol. The Morgan fingerprint density at radius 2 is 1.70 bits per heavy atom. The van der Waals surface area contributed by atoms with E-state index in [-0.39, 0.29) is 17.0 Å². The number of hydrogen-bond acceptors (Lipinski definition) is 2. The average molecular weight is 280 g/mol. The molecule has 0 heterocycles. The molecule has 2 rings (SSSR count). The average Bonchev–Trinajstić information content (AvgIpc) is 3.07. The molecule has 2 saturated carbocycles. The summed E-state index contributed by atoms with van der Waals surface area (Å²) in [5, 5.41) is 0. The molecule has 0 N–H and O–H groups in total. The summed E-state index contributed by atoms with van der Waals surface area (Å²) in [6.45, 7) is 10.5. The van der Waals surface area contributed by atoms with Crippen LogP contribution in [0.5, 0.6) is 0 Å². The van der Waals surface area contributed by atoms with Gasteiger partial charge in [-0.05, 0) is 64.2 Å². The monoisotopic (exact) mass is 280 g/mol.